The third-order valence-corrected chi connectivity index (χ3v) is 3.35. The summed E-state index contributed by atoms with van der Waals surface area (Å²) in [6.45, 7) is 2.85. The number of pyridine rings is 1. The van der Waals surface area contributed by atoms with Gasteiger partial charge in [0.2, 0.25) is 0 Å². The predicted molar refractivity (Wildman–Crippen MR) is 79.5 cm³/mol. The summed E-state index contributed by atoms with van der Waals surface area (Å²) in [5, 5.41) is 9.53. The number of hydrogen-bond donors (Lipinski definition) is 0. The summed E-state index contributed by atoms with van der Waals surface area (Å²) in [5.41, 5.74) is 3.10. The number of aromatic nitrogens is 4. The molecule has 0 unspecified atom stereocenters. The van der Waals surface area contributed by atoms with Crippen LogP contribution in [-0.4, -0.2) is 20.0 Å². The van der Waals surface area contributed by atoms with E-state index in [1.165, 1.54) is 11.8 Å². The van der Waals surface area contributed by atoms with Crippen LogP contribution in [0.5, 0.6) is 0 Å². The minimum atomic E-state index is 0.671. The topological polar surface area (TPSA) is 43.6 Å². The SMILES string of the molecule is CCCCc1cn(Cc2ccc3ccccc3n2)nn1. The molecule has 1 aromatic carbocycles. The van der Waals surface area contributed by atoms with E-state index in [2.05, 4.69) is 40.4 Å². The van der Waals surface area contributed by atoms with Gasteiger partial charge in [-0.05, 0) is 25.0 Å². The molecule has 0 saturated carbocycles. The summed E-state index contributed by atoms with van der Waals surface area (Å²) >= 11 is 0. The van der Waals surface area contributed by atoms with Gasteiger partial charge in [-0.2, -0.15) is 0 Å². The van der Waals surface area contributed by atoms with Crippen LogP contribution < -0.4 is 0 Å². The van der Waals surface area contributed by atoms with Gasteiger partial charge in [-0.15, -0.1) is 5.10 Å². The Morgan fingerprint density at radius 2 is 1.95 bits per heavy atom. The molecule has 0 aliphatic carbocycles. The van der Waals surface area contributed by atoms with Crippen molar-refractivity contribution in [2.24, 2.45) is 0 Å². The van der Waals surface area contributed by atoms with E-state index in [-0.39, 0.29) is 0 Å². The number of nitrogens with zero attached hydrogens (tertiary/aromatic N) is 4. The molecule has 0 radical (unpaired) electrons. The number of aryl methyl sites for hydroxylation is 1. The van der Waals surface area contributed by atoms with Crippen LogP contribution in [0.25, 0.3) is 10.9 Å². The second kappa shape index (κ2) is 5.82. The molecule has 20 heavy (non-hydrogen) atoms. The Morgan fingerprint density at radius 3 is 2.85 bits per heavy atom. The molecule has 3 aromatic rings. The van der Waals surface area contributed by atoms with E-state index in [1.807, 2.05) is 29.1 Å². The van der Waals surface area contributed by atoms with Crippen LogP contribution in [0.3, 0.4) is 0 Å². The fraction of sp³-hybridized carbons (Fsp3) is 0.312. The Hall–Kier alpha value is -2.23. The Bertz CT molecular complexity index is 702. The van der Waals surface area contributed by atoms with Crippen LogP contribution in [0.1, 0.15) is 31.2 Å². The molecule has 0 atom stereocenters. The fourth-order valence-electron chi connectivity index (χ4n) is 2.25. The van der Waals surface area contributed by atoms with Crippen molar-refractivity contribution in [3.05, 3.63) is 54.0 Å². The molecule has 4 nitrogen and oxygen atoms in total. The second-order valence-electron chi connectivity index (χ2n) is 5.01. The van der Waals surface area contributed by atoms with Crippen LogP contribution in [0.4, 0.5) is 0 Å². The Balaban J connectivity index is 1.76. The minimum Gasteiger partial charge on any atom is -0.251 e. The summed E-state index contributed by atoms with van der Waals surface area (Å²) in [7, 11) is 0. The number of para-hydroxylation sites is 1. The molecular formula is C16H18N4. The van der Waals surface area contributed by atoms with Gasteiger partial charge in [0.15, 0.2) is 0 Å². The molecule has 2 aromatic heterocycles. The Labute approximate surface area is 118 Å². The standard InChI is InChI=1S/C16H18N4/c1-2-3-7-15-12-20(19-18-15)11-14-10-9-13-6-4-5-8-16(13)17-14/h4-6,8-10,12H,2-3,7,11H2,1H3. The van der Waals surface area contributed by atoms with Crippen LogP contribution in [0, 0.1) is 0 Å². The zero-order valence-electron chi connectivity index (χ0n) is 11.7. The van der Waals surface area contributed by atoms with Gasteiger partial charge in [-0.3, -0.25) is 4.98 Å². The fourth-order valence-corrected chi connectivity index (χ4v) is 2.25. The minimum absolute atomic E-state index is 0.671. The van der Waals surface area contributed by atoms with Gasteiger partial charge in [-0.1, -0.05) is 42.8 Å². The van der Waals surface area contributed by atoms with Gasteiger partial charge in [0.05, 0.1) is 23.4 Å². The maximum atomic E-state index is 4.65. The predicted octanol–water partition coefficient (Wildman–Crippen LogP) is 3.22. The molecule has 0 bridgehead atoms. The highest BCUT2D eigenvalue weighted by Gasteiger charge is 2.03. The maximum absolute atomic E-state index is 4.65. The number of benzene rings is 1. The van der Waals surface area contributed by atoms with Crippen molar-refractivity contribution in [1.29, 1.82) is 0 Å². The first kappa shape index (κ1) is 12.8. The molecule has 0 N–H and O–H groups in total. The van der Waals surface area contributed by atoms with Crippen molar-refractivity contribution < 1.29 is 0 Å². The maximum Gasteiger partial charge on any atom is 0.0849 e. The number of rotatable bonds is 5. The van der Waals surface area contributed by atoms with Crippen molar-refractivity contribution in [2.75, 3.05) is 0 Å². The second-order valence-corrected chi connectivity index (χ2v) is 5.01. The summed E-state index contributed by atoms with van der Waals surface area (Å²) in [5.74, 6) is 0. The summed E-state index contributed by atoms with van der Waals surface area (Å²) < 4.78 is 1.86. The van der Waals surface area contributed by atoms with Gasteiger partial charge in [0, 0.05) is 11.6 Å². The first-order chi connectivity index (χ1) is 9.85. The molecule has 0 aliphatic heterocycles. The van der Waals surface area contributed by atoms with E-state index in [4.69, 9.17) is 0 Å². The third-order valence-electron chi connectivity index (χ3n) is 3.35. The molecule has 0 fully saturated rings. The van der Waals surface area contributed by atoms with Crippen LogP contribution in [-0.2, 0) is 13.0 Å². The highest BCUT2D eigenvalue weighted by atomic mass is 15.4. The average molecular weight is 266 g/mol. The lowest BCUT2D eigenvalue weighted by Crippen LogP contribution is -2.02. The molecule has 0 aliphatic rings. The lowest BCUT2D eigenvalue weighted by molar-refractivity contribution is 0.639. The van der Waals surface area contributed by atoms with Crippen molar-refractivity contribution in [3.63, 3.8) is 0 Å². The molecule has 102 valence electrons. The Kier molecular flexibility index (Phi) is 3.72. The molecular weight excluding hydrogens is 248 g/mol. The van der Waals surface area contributed by atoms with E-state index in [9.17, 15) is 0 Å². The van der Waals surface area contributed by atoms with Crippen molar-refractivity contribution in [1.82, 2.24) is 20.0 Å². The lowest BCUT2D eigenvalue weighted by Gasteiger charge is -2.02. The number of unbranched alkanes of at least 4 members (excludes halogenated alkanes) is 1. The quantitative estimate of drug-likeness (QED) is 0.712. The van der Waals surface area contributed by atoms with E-state index in [0.717, 1.165) is 29.7 Å². The van der Waals surface area contributed by atoms with E-state index in [0.29, 0.717) is 6.54 Å². The largest absolute Gasteiger partial charge is 0.251 e. The third kappa shape index (κ3) is 2.85. The van der Waals surface area contributed by atoms with Crippen molar-refractivity contribution in [2.45, 2.75) is 32.7 Å². The van der Waals surface area contributed by atoms with Crippen LogP contribution in [0.2, 0.25) is 0 Å². The van der Waals surface area contributed by atoms with E-state index < -0.39 is 0 Å². The normalized spacial score (nSPS) is 11.1. The van der Waals surface area contributed by atoms with Crippen LogP contribution in [0.15, 0.2) is 42.6 Å². The van der Waals surface area contributed by atoms with E-state index >= 15 is 0 Å². The van der Waals surface area contributed by atoms with Crippen LogP contribution >= 0.6 is 0 Å². The van der Waals surface area contributed by atoms with E-state index in [1.54, 1.807) is 0 Å². The molecule has 0 saturated heterocycles. The van der Waals surface area contributed by atoms with Gasteiger partial charge in [-0.25, -0.2) is 4.68 Å². The van der Waals surface area contributed by atoms with Crippen molar-refractivity contribution in [3.8, 4) is 0 Å². The molecule has 0 amide bonds. The summed E-state index contributed by atoms with van der Waals surface area (Å²) in [6.07, 6.45) is 5.36. The lowest BCUT2D eigenvalue weighted by atomic mass is 10.2. The monoisotopic (exact) mass is 266 g/mol. The average Bonchev–Trinajstić information content (AvgIpc) is 2.92. The van der Waals surface area contributed by atoms with Gasteiger partial charge in [0.25, 0.3) is 0 Å². The molecule has 4 heteroatoms. The first-order valence-electron chi connectivity index (χ1n) is 7.09. The summed E-state index contributed by atoms with van der Waals surface area (Å²) in [6, 6.07) is 12.3. The number of fused-ring (bicyclic) bond motifs is 1. The van der Waals surface area contributed by atoms with Gasteiger partial charge < -0.3 is 0 Å². The highest BCUT2D eigenvalue weighted by Crippen LogP contribution is 2.12. The molecule has 3 rings (SSSR count). The number of hydrogen-bond acceptors (Lipinski definition) is 3. The molecule has 0 spiro atoms. The first-order valence-corrected chi connectivity index (χ1v) is 7.09. The highest BCUT2D eigenvalue weighted by molar-refractivity contribution is 5.78. The van der Waals surface area contributed by atoms with Gasteiger partial charge in [0.1, 0.15) is 0 Å². The zero-order chi connectivity index (χ0) is 13.8. The van der Waals surface area contributed by atoms with Gasteiger partial charge >= 0.3 is 0 Å². The van der Waals surface area contributed by atoms with Crippen molar-refractivity contribution >= 4 is 10.9 Å². The Morgan fingerprint density at radius 1 is 1.05 bits per heavy atom. The zero-order valence-corrected chi connectivity index (χ0v) is 11.7. The summed E-state index contributed by atoms with van der Waals surface area (Å²) in [4.78, 5) is 4.65. The smallest absolute Gasteiger partial charge is 0.0849 e. The molecule has 2 heterocycles.